The molecule has 0 aromatic rings. The molecule has 2 saturated heterocycles. The topological polar surface area (TPSA) is 49.4 Å². The van der Waals surface area contributed by atoms with Gasteiger partial charge < -0.3 is 10.2 Å². The molecule has 2 atom stereocenters. The molecule has 2 rings (SSSR count). The van der Waals surface area contributed by atoms with Gasteiger partial charge in [0.25, 0.3) is 0 Å². The van der Waals surface area contributed by atoms with E-state index in [1.165, 1.54) is 0 Å². The predicted molar refractivity (Wildman–Crippen MR) is 61.0 cm³/mol. The number of hydrogen-bond donors (Lipinski definition) is 1. The molecular weight excluding hydrogens is 204 g/mol. The number of Topliss-reactive ketones (excluding diaryl/α,β-unsaturated/α-hetero) is 1. The van der Waals surface area contributed by atoms with Gasteiger partial charge in [0.15, 0.2) is 0 Å². The molecule has 0 spiro atoms. The van der Waals surface area contributed by atoms with E-state index >= 15 is 0 Å². The van der Waals surface area contributed by atoms with Crippen LogP contribution in [0.25, 0.3) is 0 Å². The number of carbonyl (C=O) groups is 2. The summed E-state index contributed by atoms with van der Waals surface area (Å²) in [4.78, 5) is 24.5. The molecule has 1 N–H and O–H groups in total. The fraction of sp³-hybridized carbons (Fsp3) is 0.833. The van der Waals surface area contributed by atoms with Crippen molar-refractivity contribution < 1.29 is 9.59 Å². The van der Waals surface area contributed by atoms with Crippen molar-refractivity contribution in [1.82, 2.24) is 10.2 Å². The quantitative estimate of drug-likeness (QED) is 0.762. The number of likely N-dealkylation sites (tertiary alicyclic amines) is 1. The Hall–Kier alpha value is -0.900. The summed E-state index contributed by atoms with van der Waals surface area (Å²) < 4.78 is 0. The maximum atomic E-state index is 11.2. The van der Waals surface area contributed by atoms with Gasteiger partial charge in [-0.05, 0) is 25.7 Å². The molecular formula is C12H20N2O2. The Morgan fingerprint density at radius 2 is 2.31 bits per heavy atom. The lowest BCUT2D eigenvalue weighted by Crippen LogP contribution is -2.54. The third kappa shape index (κ3) is 2.82. The predicted octanol–water partition coefficient (Wildman–Crippen LogP) is 0.566. The first-order valence-corrected chi connectivity index (χ1v) is 6.16. The smallest absolute Gasteiger partial charge is 0.220 e. The van der Waals surface area contributed by atoms with E-state index in [-0.39, 0.29) is 11.7 Å². The molecule has 0 radical (unpaired) electrons. The summed E-state index contributed by atoms with van der Waals surface area (Å²) in [5, 5.41) is 3.07. The average Bonchev–Trinajstić information content (AvgIpc) is 2.26. The Kier molecular flexibility index (Phi) is 3.59. The van der Waals surface area contributed by atoms with Crippen LogP contribution < -0.4 is 5.32 Å². The van der Waals surface area contributed by atoms with Gasteiger partial charge in [0.1, 0.15) is 5.78 Å². The van der Waals surface area contributed by atoms with Crippen LogP contribution in [-0.2, 0) is 9.59 Å². The minimum absolute atomic E-state index is 0.207. The van der Waals surface area contributed by atoms with Crippen molar-refractivity contribution in [3.05, 3.63) is 0 Å². The molecule has 2 heterocycles. The number of hydrogen-bond acceptors (Lipinski definition) is 3. The largest absolute Gasteiger partial charge is 0.353 e. The van der Waals surface area contributed by atoms with Crippen LogP contribution >= 0.6 is 0 Å². The molecule has 0 aliphatic carbocycles. The molecule has 4 nitrogen and oxygen atoms in total. The summed E-state index contributed by atoms with van der Waals surface area (Å²) in [5.41, 5.74) is 0. The summed E-state index contributed by atoms with van der Waals surface area (Å²) in [6, 6.07) is 0.384. The molecule has 0 bridgehead atoms. The third-order valence-corrected chi connectivity index (χ3v) is 3.69. The van der Waals surface area contributed by atoms with Crippen molar-refractivity contribution in [1.29, 1.82) is 0 Å². The first-order valence-electron chi connectivity index (χ1n) is 6.16. The van der Waals surface area contributed by atoms with Crippen LogP contribution in [0.2, 0.25) is 0 Å². The second-order valence-corrected chi connectivity index (χ2v) is 5.01. The van der Waals surface area contributed by atoms with Crippen molar-refractivity contribution in [3.8, 4) is 0 Å². The van der Waals surface area contributed by atoms with E-state index in [0.717, 1.165) is 32.5 Å². The molecule has 0 aromatic carbocycles. The zero-order chi connectivity index (χ0) is 11.5. The summed E-state index contributed by atoms with van der Waals surface area (Å²) in [6.07, 6.45) is 3.37. The van der Waals surface area contributed by atoms with Gasteiger partial charge in [-0.1, -0.05) is 0 Å². The second-order valence-electron chi connectivity index (χ2n) is 5.01. The number of rotatable bonds is 3. The molecule has 0 saturated carbocycles. The molecule has 4 heteroatoms. The number of nitrogens with one attached hydrogen (secondary N) is 1. The molecule has 16 heavy (non-hydrogen) atoms. The molecule has 2 unspecified atom stereocenters. The summed E-state index contributed by atoms with van der Waals surface area (Å²) >= 11 is 0. The van der Waals surface area contributed by atoms with Crippen molar-refractivity contribution in [2.45, 2.75) is 38.6 Å². The van der Waals surface area contributed by atoms with Gasteiger partial charge in [0, 0.05) is 38.5 Å². The van der Waals surface area contributed by atoms with Gasteiger partial charge in [-0.3, -0.25) is 9.59 Å². The summed E-state index contributed by atoms with van der Waals surface area (Å²) in [5.74, 6) is 1.07. The zero-order valence-electron chi connectivity index (χ0n) is 9.87. The molecule has 0 aromatic heterocycles. The Morgan fingerprint density at radius 3 is 3.06 bits per heavy atom. The number of ketones is 1. The third-order valence-electron chi connectivity index (χ3n) is 3.69. The van der Waals surface area contributed by atoms with Crippen LogP contribution in [0.5, 0.6) is 0 Å². The van der Waals surface area contributed by atoms with Crippen LogP contribution in [-0.4, -0.2) is 42.3 Å². The van der Waals surface area contributed by atoms with Crippen LogP contribution in [0, 0.1) is 5.92 Å². The highest BCUT2D eigenvalue weighted by molar-refractivity contribution is 5.77. The van der Waals surface area contributed by atoms with Gasteiger partial charge in [-0.25, -0.2) is 0 Å². The fourth-order valence-electron chi connectivity index (χ4n) is 2.70. The average molecular weight is 224 g/mol. The number of nitrogens with zero attached hydrogens (tertiary/aromatic N) is 1. The standard InChI is InChI=1S/C12H20N2O2/c1-9(15)4-6-14-7-5-11-10(8-14)2-3-12(16)13-11/h10-11H,2-8H2,1H3,(H,13,16). The van der Waals surface area contributed by atoms with Gasteiger partial charge in [0.05, 0.1) is 0 Å². The highest BCUT2D eigenvalue weighted by Gasteiger charge is 2.33. The van der Waals surface area contributed by atoms with Crippen molar-refractivity contribution >= 4 is 11.7 Å². The number of carbonyl (C=O) groups excluding carboxylic acids is 2. The molecule has 90 valence electrons. The van der Waals surface area contributed by atoms with Crippen LogP contribution in [0.15, 0.2) is 0 Å². The Balaban J connectivity index is 1.81. The van der Waals surface area contributed by atoms with Crippen molar-refractivity contribution in [2.75, 3.05) is 19.6 Å². The van der Waals surface area contributed by atoms with Gasteiger partial charge >= 0.3 is 0 Å². The fourth-order valence-corrected chi connectivity index (χ4v) is 2.70. The highest BCUT2D eigenvalue weighted by Crippen LogP contribution is 2.25. The van der Waals surface area contributed by atoms with E-state index in [1.807, 2.05) is 0 Å². The first kappa shape index (κ1) is 11.6. The van der Waals surface area contributed by atoms with E-state index in [2.05, 4.69) is 10.2 Å². The molecule has 2 fully saturated rings. The maximum Gasteiger partial charge on any atom is 0.220 e. The zero-order valence-corrected chi connectivity index (χ0v) is 9.87. The normalized spacial score (nSPS) is 30.7. The number of fused-ring (bicyclic) bond motifs is 1. The molecule has 2 aliphatic rings. The molecule has 1 amide bonds. The monoisotopic (exact) mass is 224 g/mol. The Labute approximate surface area is 96.4 Å². The minimum atomic E-state index is 0.207. The summed E-state index contributed by atoms with van der Waals surface area (Å²) in [7, 11) is 0. The van der Waals surface area contributed by atoms with E-state index in [9.17, 15) is 9.59 Å². The van der Waals surface area contributed by atoms with Crippen molar-refractivity contribution in [2.24, 2.45) is 5.92 Å². The minimum Gasteiger partial charge on any atom is -0.353 e. The SMILES string of the molecule is CC(=O)CCN1CCC2NC(=O)CCC2C1. The van der Waals surface area contributed by atoms with Gasteiger partial charge in [-0.15, -0.1) is 0 Å². The van der Waals surface area contributed by atoms with E-state index < -0.39 is 0 Å². The lowest BCUT2D eigenvalue weighted by atomic mass is 9.85. The van der Waals surface area contributed by atoms with Gasteiger partial charge in [0.2, 0.25) is 5.91 Å². The van der Waals surface area contributed by atoms with E-state index in [1.54, 1.807) is 6.92 Å². The van der Waals surface area contributed by atoms with Crippen LogP contribution in [0.4, 0.5) is 0 Å². The van der Waals surface area contributed by atoms with Crippen LogP contribution in [0.3, 0.4) is 0 Å². The lowest BCUT2D eigenvalue weighted by Gasteiger charge is -2.41. The summed E-state index contributed by atoms with van der Waals surface area (Å²) in [6.45, 7) is 4.58. The van der Waals surface area contributed by atoms with Gasteiger partial charge in [-0.2, -0.15) is 0 Å². The van der Waals surface area contributed by atoms with E-state index in [4.69, 9.17) is 0 Å². The first-order chi connectivity index (χ1) is 7.65. The molecule has 2 aliphatic heterocycles. The van der Waals surface area contributed by atoms with Crippen molar-refractivity contribution in [3.63, 3.8) is 0 Å². The maximum absolute atomic E-state index is 11.2. The second kappa shape index (κ2) is 4.95. The number of amides is 1. The lowest BCUT2D eigenvalue weighted by molar-refractivity contribution is -0.125. The van der Waals surface area contributed by atoms with Crippen LogP contribution in [0.1, 0.15) is 32.6 Å². The highest BCUT2D eigenvalue weighted by atomic mass is 16.1. The Bertz CT molecular complexity index is 291. The number of piperidine rings is 2. The van der Waals surface area contributed by atoms with E-state index in [0.29, 0.717) is 24.8 Å². The Morgan fingerprint density at radius 1 is 1.50 bits per heavy atom.